The third kappa shape index (κ3) is 2.22. The summed E-state index contributed by atoms with van der Waals surface area (Å²) >= 11 is 3.50. The highest BCUT2D eigenvalue weighted by atomic mass is 79.9. The van der Waals surface area contributed by atoms with Crippen molar-refractivity contribution in [3.63, 3.8) is 0 Å². The van der Waals surface area contributed by atoms with Gasteiger partial charge in [-0.25, -0.2) is 0 Å². The Morgan fingerprint density at radius 3 is 2.81 bits per heavy atom. The Labute approximate surface area is 105 Å². The summed E-state index contributed by atoms with van der Waals surface area (Å²) in [5.74, 6) is 0.485. The highest BCUT2D eigenvalue weighted by Gasteiger charge is 2.31. The van der Waals surface area contributed by atoms with Gasteiger partial charge < -0.3 is 4.79 Å². The molecule has 1 aliphatic rings. The molecule has 16 heavy (non-hydrogen) atoms. The lowest BCUT2D eigenvalue weighted by atomic mass is 9.70. The van der Waals surface area contributed by atoms with E-state index in [1.54, 1.807) is 0 Å². The van der Waals surface area contributed by atoms with Crippen LogP contribution in [0.5, 0.6) is 0 Å². The fraction of sp³-hybridized carbons (Fsp3) is 0.500. The molecule has 1 unspecified atom stereocenters. The highest BCUT2D eigenvalue weighted by Crippen LogP contribution is 2.36. The van der Waals surface area contributed by atoms with Crippen molar-refractivity contribution in [2.75, 3.05) is 0 Å². The van der Waals surface area contributed by atoms with Crippen molar-refractivity contribution in [2.45, 2.75) is 33.1 Å². The molecule has 0 bridgehead atoms. The van der Waals surface area contributed by atoms with E-state index in [2.05, 4.69) is 48.0 Å². The van der Waals surface area contributed by atoms with Gasteiger partial charge in [-0.15, -0.1) is 0 Å². The van der Waals surface area contributed by atoms with E-state index in [1.807, 2.05) is 0 Å². The number of rotatable bonds is 2. The van der Waals surface area contributed by atoms with Gasteiger partial charge in [0.2, 0.25) is 0 Å². The Kier molecular flexibility index (Phi) is 3.20. The van der Waals surface area contributed by atoms with Crippen LogP contribution in [0.15, 0.2) is 22.7 Å². The molecule has 2 heteroatoms. The number of hydrogen-bond acceptors (Lipinski definition) is 1. The molecule has 0 saturated carbocycles. The summed E-state index contributed by atoms with van der Waals surface area (Å²) in [6.45, 7) is 4.10. The predicted molar refractivity (Wildman–Crippen MR) is 69.5 cm³/mol. The van der Waals surface area contributed by atoms with Crippen LogP contribution in [-0.2, 0) is 17.6 Å². The van der Waals surface area contributed by atoms with Crippen molar-refractivity contribution >= 4 is 22.2 Å². The zero-order valence-corrected chi connectivity index (χ0v) is 11.4. The van der Waals surface area contributed by atoms with E-state index in [1.165, 1.54) is 11.1 Å². The van der Waals surface area contributed by atoms with Crippen LogP contribution in [0.25, 0.3) is 0 Å². The topological polar surface area (TPSA) is 17.1 Å². The number of carbonyl (C=O) groups excluding carboxylic acids is 1. The smallest absolute Gasteiger partial charge is 0.125 e. The van der Waals surface area contributed by atoms with Gasteiger partial charge >= 0.3 is 0 Å². The Bertz CT molecular complexity index is 409. The Morgan fingerprint density at radius 1 is 1.38 bits per heavy atom. The summed E-state index contributed by atoms with van der Waals surface area (Å²) in [6, 6.07) is 6.49. The molecule has 1 nitrogen and oxygen atoms in total. The van der Waals surface area contributed by atoms with Crippen LogP contribution in [0.3, 0.4) is 0 Å². The van der Waals surface area contributed by atoms with Crippen LogP contribution in [0.1, 0.15) is 31.4 Å². The molecule has 0 aliphatic heterocycles. The van der Waals surface area contributed by atoms with Gasteiger partial charge in [0.05, 0.1) is 0 Å². The number of aryl methyl sites for hydroxylation is 1. The molecular formula is C14H17BrO. The quantitative estimate of drug-likeness (QED) is 0.754. The van der Waals surface area contributed by atoms with Crippen LogP contribution >= 0.6 is 15.9 Å². The summed E-state index contributed by atoms with van der Waals surface area (Å²) in [6.07, 6.45) is 4.36. The maximum atomic E-state index is 11.1. The van der Waals surface area contributed by atoms with Crippen molar-refractivity contribution in [1.29, 1.82) is 0 Å². The number of aldehydes is 1. The van der Waals surface area contributed by atoms with E-state index >= 15 is 0 Å². The Balaban J connectivity index is 2.24. The fourth-order valence-electron chi connectivity index (χ4n) is 2.45. The summed E-state index contributed by atoms with van der Waals surface area (Å²) in [5.41, 5.74) is 2.66. The van der Waals surface area contributed by atoms with E-state index in [4.69, 9.17) is 0 Å². The van der Waals surface area contributed by atoms with Gasteiger partial charge in [-0.2, -0.15) is 0 Å². The second-order valence-corrected chi connectivity index (χ2v) is 6.21. The molecular weight excluding hydrogens is 264 g/mol. The minimum absolute atomic E-state index is 0.190. The van der Waals surface area contributed by atoms with E-state index in [0.29, 0.717) is 5.92 Å². The van der Waals surface area contributed by atoms with Gasteiger partial charge in [0.25, 0.3) is 0 Å². The molecule has 0 amide bonds. The summed E-state index contributed by atoms with van der Waals surface area (Å²) < 4.78 is 1.15. The van der Waals surface area contributed by atoms with Crippen molar-refractivity contribution < 1.29 is 4.79 Å². The molecule has 0 N–H and O–H groups in total. The molecule has 0 spiro atoms. The number of hydrogen-bond donors (Lipinski definition) is 0. The first-order valence-electron chi connectivity index (χ1n) is 5.76. The maximum Gasteiger partial charge on any atom is 0.125 e. The minimum atomic E-state index is -0.190. The minimum Gasteiger partial charge on any atom is -0.303 e. The van der Waals surface area contributed by atoms with Crippen LogP contribution in [-0.4, -0.2) is 6.29 Å². The zero-order chi connectivity index (χ0) is 11.8. The average molecular weight is 281 g/mol. The molecule has 1 aromatic rings. The summed E-state index contributed by atoms with van der Waals surface area (Å²) in [5, 5.41) is 0. The van der Waals surface area contributed by atoms with Gasteiger partial charge in [-0.05, 0) is 48.4 Å². The standard InChI is InChI=1S/C14H17BrO/c1-14(2,9-16)12-5-3-11-8-13(15)6-4-10(11)7-12/h4,6,8-9,12H,3,5,7H2,1-2H3. The highest BCUT2D eigenvalue weighted by molar-refractivity contribution is 9.10. The van der Waals surface area contributed by atoms with E-state index in [0.717, 1.165) is 30.0 Å². The largest absolute Gasteiger partial charge is 0.303 e. The van der Waals surface area contributed by atoms with Gasteiger partial charge in [0, 0.05) is 9.89 Å². The lowest BCUT2D eigenvalue weighted by Gasteiger charge is -2.33. The predicted octanol–water partition coefficient (Wildman–Crippen LogP) is 3.78. The molecule has 86 valence electrons. The van der Waals surface area contributed by atoms with Gasteiger partial charge in [0.1, 0.15) is 6.29 Å². The average Bonchev–Trinajstić information content (AvgIpc) is 2.28. The van der Waals surface area contributed by atoms with Gasteiger partial charge in [-0.1, -0.05) is 35.8 Å². The second-order valence-electron chi connectivity index (χ2n) is 5.29. The van der Waals surface area contributed by atoms with Crippen LogP contribution in [0, 0.1) is 11.3 Å². The van der Waals surface area contributed by atoms with Crippen LogP contribution in [0.2, 0.25) is 0 Å². The van der Waals surface area contributed by atoms with E-state index in [-0.39, 0.29) is 5.41 Å². The zero-order valence-electron chi connectivity index (χ0n) is 9.79. The molecule has 1 aliphatic carbocycles. The molecule has 0 saturated heterocycles. The lowest BCUT2D eigenvalue weighted by Crippen LogP contribution is -2.30. The molecule has 0 radical (unpaired) electrons. The first-order chi connectivity index (χ1) is 7.53. The number of carbonyl (C=O) groups is 1. The Morgan fingerprint density at radius 2 is 2.12 bits per heavy atom. The molecule has 0 aromatic heterocycles. The monoisotopic (exact) mass is 280 g/mol. The third-order valence-electron chi connectivity index (χ3n) is 3.75. The molecule has 1 atom stereocenters. The Hall–Kier alpha value is -0.630. The molecule has 0 fully saturated rings. The molecule has 2 rings (SSSR count). The lowest BCUT2D eigenvalue weighted by molar-refractivity contribution is -0.117. The summed E-state index contributed by atoms with van der Waals surface area (Å²) in [4.78, 5) is 11.1. The second kappa shape index (κ2) is 4.33. The van der Waals surface area contributed by atoms with E-state index < -0.39 is 0 Å². The normalized spacial score (nSPS) is 20.3. The van der Waals surface area contributed by atoms with Gasteiger partial charge in [0.15, 0.2) is 0 Å². The van der Waals surface area contributed by atoms with Gasteiger partial charge in [-0.3, -0.25) is 0 Å². The molecule has 1 aromatic carbocycles. The first kappa shape index (κ1) is 11.8. The van der Waals surface area contributed by atoms with Crippen LogP contribution < -0.4 is 0 Å². The van der Waals surface area contributed by atoms with Crippen molar-refractivity contribution in [3.8, 4) is 0 Å². The molecule has 0 heterocycles. The SMILES string of the molecule is CC(C)(C=O)C1CCc2cc(Br)ccc2C1. The number of fused-ring (bicyclic) bond motifs is 1. The van der Waals surface area contributed by atoms with E-state index in [9.17, 15) is 4.79 Å². The number of halogens is 1. The van der Waals surface area contributed by atoms with Crippen molar-refractivity contribution in [3.05, 3.63) is 33.8 Å². The van der Waals surface area contributed by atoms with Crippen molar-refractivity contribution in [1.82, 2.24) is 0 Å². The fourth-order valence-corrected chi connectivity index (χ4v) is 2.86. The van der Waals surface area contributed by atoms with Crippen molar-refractivity contribution in [2.24, 2.45) is 11.3 Å². The summed E-state index contributed by atoms with van der Waals surface area (Å²) in [7, 11) is 0. The number of benzene rings is 1. The third-order valence-corrected chi connectivity index (χ3v) is 4.25. The maximum absolute atomic E-state index is 11.1. The van der Waals surface area contributed by atoms with Crippen LogP contribution in [0.4, 0.5) is 0 Å². The first-order valence-corrected chi connectivity index (χ1v) is 6.56.